The zero-order valence-electron chi connectivity index (χ0n) is 13.0. The average Bonchev–Trinajstić information content (AvgIpc) is 3.31. The van der Waals surface area contributed by atoms with Crippen LogP contribution >= 0.6 is 11.3 Å². The number of aromatic nitrogens is 3. The number of aryl methyl sites for hydroxylation is 1. The number of fused-ring (bicyclic) bond motifs is 1. The Labute approximate surface area is 138 Å². The number of amides is 1. The van der Waals surface area contributed by atoms with Crippen LogP contribution in [0.2, 0.25) is 0 Å². The van der Waals surface area contributed by atoms with E-state index in [0.29, 0.717) is 0 Å². The minimum atomic E-state index is 0.139. The summed E-state index contributed by atoms with van der Waals surface area (Å²) in [6.45, 7) is 4.49. The molecule has 0 bridgehead atoms. The topological polar surface area (TPSA) is 51.0 Å². The van der Waals surface area contributed by atoms with Gasteiger partial charge in [-0.1, -0.05) is 6.07 Å². The number of imidazole rings is 1. The number of carbonyl (C=O) groups excluding carboxylic acids is 1. The number of hydrogen-bond donors (Lipinski definition) is 0. The SMILES string of the molecule is CCn1c([C@H]2CCN(C(=O)c3cccs3)C2)nc2cccnc21. The minimum Gasteiger partial charge on any atom is -0.337 e. The molecule has 3 aromatic heterocycles. The maximum absolute atomic E-state index is 12.5. The van der Waals surface area contributed by atoms with Gasteiger partial charge in [-0.05, 0) is 36.9 Å². The molecule has 4 rings (SSSR count). The minimum absolute atomic E-state index is 0.139. The van der Waals surface area contributed by atoms with E-state index >= 15 is 0 Å². The third-order valence-corrected chi connectivity index (χ3v) is 5.28. The van der Waals surface area contributed by atoms with E-state index in [2.05, 4.69) is 16.5 Å². The number of rotatable bonds is 3. The maximum Gasteiger partial charge on any atom is 0.263 e. The fourth-order valence-corrected chi connectivity index (χ4v) is 4.00. The van der Waals surface area contributed by atoms with Crippen LogP contribution in [-0.2, 0) is 6.54 Å². The Balaban J connectivity index is 1.61. The van der Waals surface area contributed by atoms with Gasteiger partial charge in [-0.3, -0.25) is 4.79 Å². The van der Waals surface area contributed by atoms with Crippen molar-refractivity contribution >= 4 is 28.4 Å². The molecule has 0 saturated carbocycles. The van der Waals surface area contributed by atoms with Crippen molar-refractivity contribution in [2.45, 2.75) is 25.8 Å². The van der Waals surface area contributed by atoms with E-state index in [1.165, 1.54) is 11.3 Å². The first kappa shape index (κ1) is 14.4. The first-order chi connectivity index (χ1) is 11.3. The lowest BCUT2D eigenvalue weighted by Crippen LogP contribution is -2.28. The second-order valence-corrected chi connectivity index (χ2v) is 6.72. The molecule has 1 fully saturated rings. The highest BCUT2D eigenvalue weighted by Crippen LogP contribution is 2.30. The number of carbonyl (C=O) groups is 1. The lowest BCUT2D eigenvalue weighted by Gasteiger charge is -2.16. The van der Waals surface area contributed by atoms with Gasteiger partial charge in [0.1, 0.15) is 11.3 Å². The average molecular weight is 326 g/mol. The molecule has 1 aliphatic rings. The summed E-state index contributed by atoms with van der Waals surface area (Å²) in [4.78, 5) is 24.5. The van der Waals surface area contributed by atoms with E-state index < -0.39 is 0 Å². The third-order valence-electron chi connectivity index (χ3n) is 4.42. The number of nitrogens with zero attached hydrogens (tertiary/aromatic N) is 4. The van der Waals surface area contributed by atoms with Crippen molar-refractivity contribution in [2.75, 3.05) is 13.1 Å². The fraction of sp³-hybridized carbons (Fsp3) is 0.353. The zero-order chi connectivity index (χ0) is 15.8. The molecule has 4 heterocycles. The van der Waals surface area contributed by atoms with Gasteiger partial charge in [-0.15, -0.1) is 11.3 Å². The normalized spacial score (nSPS) is 18.0. The van der Waals surface area contributed by atoms with Gasteiger partial charge in [0.15, 0.2) is 5.65 Å². The molecule has 118 valence electrons. The quantitative estimate of drug-likeness (QED) is 0.743. The molecule has 1 saturated heterocycles. The number of pyridine rings is 1. The van der Waals surface area contributed by atoms with E-state index in [4.69, 9.17) is 4.98 Å². The Hall–Kier alpha value is -2.21. The number of likely N-dealkylation sites (tertiary alicyclic amines) is 1. The predicted molar refractivity (Wildman–Crippen MR) is 90.8 cm³/mol. The highest BCUT2D eigenvalue weighted by atomic mass is 32.1. The molecule has 23 heavy (non-hydrogen) atoms. The summed E-state index contributed by atoms with van der Waals surface area (Å²) in [6, 6.07) is 7.74. The van der Waals surface area contributed by atoms with Gasteiger partial charge in [-0.2, -0.15) is 0 Å². The second kappa shape index (κ2) is 5.77. The largest absolute Gasteiger partial charge is 0.337 e. The monoisotopic (exact) mass is 326 g/mol. The smallest absolute Gasteiger partial charge is 0.263 e. The Morgan fingerprint density at radius 2 is 2.30 bits per heavy atom. The lowest BCUT2D eigenvalue weighted by atomic mass is 10.1. The molecule has 1 amide bonds. The summed E-state index contributed by atoms with van der Waals surface area (Å²) in [5.74, 6) is 1.48. The lowest BCUT2D eigenvalue weighted by molar-refractivity contribution is 0.0795. The molecule has 5 nitrogen and oxygen atoms in total. The molecule has 0 spiro atoms. The first-order valence-corrected chi connectivity index (χ1v) is 8.80. The van der Waals surface area contributed by atoms with Gasteiger partial charge in [0.05, 0.1) is 4.88 Å². The van der Waals surface area contributed by atoms with Crippen LogP contribution in [0.15, 0.2) is 35.8 Å². The Morgan fingerprint density at radius 3 is 3.09 bits per heavy atom. The van der Waals surface area contributed by atoms with E-state index in [-0.39, 0.29) is 11.8 Å². The van der Waals surface area contributed by atoms with Crippen molar-refractivity contribution < 1.29 is 4.79 Å². The van der Waals surface area contributed by atoms with E-state index in [1.54, 1.807) is 6.20 Å². The van der Waals surface area contributed by atoms with E-state index in [1.807, 2.05) is 34.5 Å². The molecule has 0 N–H and O–H groups in total. The number of hydrogen-bond acceptors (Lipinski definition) is 4. The van der Waals surface area contributed by atoms with Crippen LogP contribution in [0.3, 0.4) is 0 Å². The molecule has 3 aromatic rings. The van der Waals surface area contributed by atoms with E-state index in [0.717, 1.165) is 47.9 Å². The number of thiophene rings is 1. The van der Waals surface area contributed by atoms with Crippen LogP contribution in [0.4, 0.5) is 0 Å². The van der Waals surface area contributed by atoms with Crippen molar-refractivity contribution in [3.05, 3.63) is 46.5 Å². The first-order valence-electron chi connectivity index (χ1n) is 7.92. The van der Waals surface area contributed by atoms with Gasteiger partial charge in [0, 0.05) is 31.7 Å². The third kappa shape index (κ3) is 2.43. The predicted octanol–water partition coefficient (Wildman–Crippen LogP) is 3.14. The molecule has 0 aliphatic carbocycles. The highest BCUT2D eigenvalue weighted by Gasteiger charge is 2.31. The summed E-state index contributed by atoms with van der Waals surface area (Å²) >= 11 is 1.50. The molecule has 0 radical (unpaired) electrons. The Morgan fingerprint density at radius 1 is 1.39 bits per heavy atom. The van der Waals surface area contributed by atoms with Crippen LogP contribution < -0.4 is 0 Å². The molecule has 1 atom stereocenters. The Kier molecular flexibility index (Phi) is 3.61. The molecule has 1 aliphatic heterocycles. The molecule has 0 aromatic carbocycles. The summed E-state index contributed by atoms with van der Waals surface area (Å²) in [5, 5.41) is 1.95. The summed E-state index contributed by atoms with van der Waals surface area (Å²) in [7, 11) is 0. The summed E-state index contributed by atoms with van der Waals surface area (Å²) in [6.07, 6.45) is 2.77. The highest BCUT2D eigenvalue weighted by molar-refractivity contribution is 7.12. The van der Waals surface area contributed by atoms with Crippen LogP contribution in [0.5, 0.6) is 0 Å². The fourth-order valence-electron chi connectivity index (χ4n) is 3.31. The van der Waals surface area contributed by atoms with Crippen molar-refractivity contribution in [1.82, 2.24) is 19.4 Å². The summed E-state index contributed by atoms with van der Waals surface area (Å²) < 4.78 is 2.18. The molecular weight excluding hydrogens is 308 g/mol. The van der Waals surface area contributed by atoms with Crippen LogP contribution in [0.25, 0.3) is 11.2 Å². The zero-order valence-corrected chi connectivity index (χ0v) is 13.8. The molecule has 6 heteroatoms. The van der Waals surface area contributed by atoms with Gasteiger partial charge < -0.3 is 9.47 Å². The van der Waals surface area contributed by atoms with Crippen molar-refractivity contribution in [2.24, 2.45) is 0 Å². The van der Waals surface area contributed by atoms with Crippen LogP contribution in [-0.4, -0.2) is 38.4 Å². The standard InChI is InChI=1S/C17H18N4OS/c1-2-21-15(19-13-5-3-8-18-16(13)21)12-7-9-20(11-12)17(22)14-6-4-10-23-14/h3-6,8,10,12H,2,7,9,11H2,1H3/t12-/m0/s1. The van der Waals surface area contributed by atoms with Crippen LogP contribution in [0, 0.1) is 0 Å². The Bertz CT molecular complexity index is 840. The van der Waals surface area contributed by atoms with Gasteiger partial charge in [-0.25, -0.2) is 9.97 Å². The van der Waals surface area contributed by atoms with Crippen molar-refractivity contribution in [3.63, 3.8) is 0 Å². The maximum atomic E-state index is 12.5. The van der Waals surface area contributed by atoms with Gasteiger partial charge in [0.25, 0.3) is 5.91 Å². The van der Waals surface area contributed by atoms with Crippen LogP contribution in [0.1, 0.15) is 34.8 Å². The van der Waals surface area contributed by atoms with Crippen molar-refractivity contribution in [3.8, 4) is 0 Å². The molecule has 0 unspecified atom stereocenters. The van der Waals surface area contributed by atoms with Gasteiger partial charge >= 0.3 is 0 Å². The summed E-state index contributed by atoms with van der Waals surface area (Å²) in [5.41, 5.74) is 1.88. The second-order valence-electron chi connectivity index (χ2n) is 5.77. The van der Waals surface area contributed by atoms with Gasteiger partial charge in [0.2, 0.25) is 0 Å². The molecular formula is C17H18N4OS. The van der Waals surface area contributed by atoms with Crippen molar-refractivity contribution in [1.29, 1.82) is 0 Å². The van der Waals surface area contributed by atoms with E-state index in [9.17, 15) is 4.79 Å².